The molecule has 0 unspecified atom stereocenters. The van der Waals surface area contributed by atoms with Gasteiger partial charge in [-0.25, -0.2) is 13.1 Å². The Morgan fingerprint density at radius 3 is 2.55 bits per heavy atom. The summed E-state index contributed by atoms with van der Waals surface area (Å²) in [4.78, 5) is 0.182. The number of aliphatic hydroxyl groups excluding tert-OH is 1. The second-order valence-corrected chi connectivity index (χ2v) is 6.73. The van der Waals surface area contributed by atoms with E-state index in [4.69, 9.17) is 4.74 Å². The monoisotopic (exact) mass is 300 g/mol. The van der Waals surface area contributed by atoms with Crippen molar-refractivity contribution in [1.29, 1.82) is 0 Å². The van der Waals surface area contributed by atoms with E-state index in [1.54, 1.807) is 24.3 Å². The Morgan fingerprint density at radius 1 is 1.30 bits per heavy atom. The van der Waals surface area contributed by atoms with Crippen molar-refractivity contribution in [2.45, 2.75) is 23.3 Å². The lowest BCUT2D eigenvalue weighted by molar-refractivity contribution is 0.0379. The fraction of sp³-hybridized carbons (Fsp3) is 0.538. The van der Waals surface area contributed by atoms with Gasteiger partial charge in [-0.3, -0.25) is 0 Å². The molecule has 1 aliphatic rings. The van der Waals surface area contributed by atoms with E-state index in [-0.39, 0.29) is 11.5 Å². The van der Waals surface area contributed by atoms with Gasteiger partial charge in [-0.15, -0.1) is 0 Å². The number of ether oxygens (including phenoxy) is 1. The van der Waals surface area contributed by atoms with Crippen LogP contribution in [0.5, 0.6) is 0 Å². The second kappa shape index (κ2) is 6.09. The van der Waals surface area contributed by atoms with Gasteiger partial charge in [0.25, 0.3) is 0 Å². The third kappa shape index (κ3) is 3.12. The molecule has 0 aromatic heterocycles. The summed E-state index contributed by atoms with van der Waals surface area (Å²) in [5, 5.41) is 12.9. The van der Waals surface area contributed by atoms with Crippen LogP contribution in [-0.2, 0) is 14.8 Å². The van der Waals surface area contributed by atoms with Crippen molar-refractivity contribution in [1.82, 2.24) is 4.72 Å². The Kier molecular flexibility index (Phi) is 4.64. The number of hydrogen-bond acceptors (Lipinski definition) is 5. The Morgan fingerprint density at radius 2 is 1.95 bits per heavy atom. The highest BCUT2D eigenvalue weighted by Crippen LogP contribution is 2.29. The van der Waals surface area contributed by atoms with Crippen LogP contribution in [-0.4, -0.2) is 45.9 Å². The van der Waals surface area contributed by atoms with Gasteiger partial charge in [0, 0.05) is 13.2 Å². The number of benzene rings is 1. The van der Waals surface area contributed by atoms with Crippen LogP contribution in [0, 0.1) is 0 Å². The van der Waals surface area contributed by atoms with Crippen LogP contribution >= 0.6 is 0 Å². The summed E-state index contributed by atoms with van der Waals surface area (Å²) in [5.41, 5.74) is -0.0322. The highest BCUT2D eigenvalue weighted by atomic mass is 32.2. The molecule has 1 heterocycles. The van der Waals surface area contributed by atoms with Gasteiger partial charge in [0.1, 0.15) is 4.90 Å². The molecule has 0 atom stereocenters. The molecule has 112 valence electrons. The summed E-state index contributed by atoms with van der Waals surface area (Å²) in [7, 11) is -2.16. The molecule has 1 aromatic carbocycles. The van der Waals surface area contributed by atoms with E-state index in [0.29, 0.717) is 31.7 Å². The van der Waals surface area contributed by atoms with Gasteiger partial charge < -0.3 is 15.2 Å². The lowest BCUT2D eigenvalue weighted by Crippen LogP contribution is -2.47. The van der Waals surface area contributed by atoms with E-state index in [1.807, 2.05) is 0 Å². The second-order valence-electron chi connectivity index (χ2n) is 4.88. The molecule has 1 aromatic rings. The Bertz CT molecular complexity index is 553. The van der Waals surface area contributed by atoms with Crippen LogP contribution in [0.1, 0.15) is 12.8 Å². The van der Waals surface area contributed by atoms with Crippen LogP contribution in [0.25, 0.3) is 0 Å². The first-order chi connectivity index (χ1) is 9.53. The molecule has 0 aliphatic carbocycles. The highest BCUT2D eigenvalue weighted by Gasteiger charge is 2.33. The van der Waals surface area contributed by atoms with Gasteiger partial charge in [-0.05, 0) is 32.0 Å². The normalized spacial score (nSPS) is 18.7. The summed E-state index contributed by atoms with van der Waals surface area (Å²) < 4.78 is 31.6. The van der Waals surface area contributed by atoms with Crippen LogP contribution in [0.4, 0.5) is 5.69 Å². The fourth-order valence-electron chi connectivity index (χ4n) is 2.28. The van der Waals surface area contributed by atoms with Crippen molar-refractivity contribution in [3.05, 3.63) is 24.3 Å². The lowest BCUT2D eigenvalue weighted by Gasteiger charge is -2.37. The first-order valence-corrected chi connectivity index (χ1v) is 8.01. The standard InChI is InChI=1S/C13H20N2O4S/c1-14-20(17,18)12-5-3-2-4-11(12)15-13(10-16)6-8-19-9-7-13/h2-5,14-16H,6-10H2,1H3. The minimum Gasteiger partial charge on any atom is -0.394 e. The van der Waals surface area contributed by atoms with E-state index in [1.165, 1.54) is 7.05 Å². The number of hydrogen-bond donors (Lipinski definition) is 3. The third-order valence-electron chi connectivity index (χ3n) is 3.60. The molecule has 7 heteroatoms. The quantitative estimate of drug-likeness (QED) is 0.739. The van der Waals surface area contributed by atoms with Crippen molar-refractivity contribution in [2.24, 2.45) is 0 Å². The molecular weight excluding hydrogens is 280 g/mol. The van der Waals surface area contributed by atoms with E-state index in [0.717, 1.165) is 0 Å². The number of aliphatic hydroxyl groups is 1. The summed E-state index contributed by atoms with van der Waals surface area (Å²) in [5.74, 6) is 0. The van der Waals surface area contributed by atoms with Crippen molar-refractivity contribution in [3.8, 4) is 0 Å². The molecule has 0 saturated carbocycles. The first-order valence-electron chi connectivity index (χ1n) is 6.52. The van der Waals surface area contributed by atoms with E-state index in [2.05, 4.69) is 10.0 Å². The Balaban J connectivity index is 2.34. The molecule has 0 bridgehead atoms. The highest BCUT2D eigenvalue weighted by molar-refractivity contribution is 7.89. The molecular formula is C13H20N2O4S. The van der Waals surface area contributed by atoms with Gasteiger partial charge in [-0.2, -0.15) is 0 Å². The van der Waals surface area contributed by atoms with Gasteiger partial charge >= 0.3 is 0 Å². The van der Waals surface area contributed by atoms with Gasteiger partial charge in [0.05, 0.1) is 17.8 Å². The van der Waals surface area contributed by atoms with E-state index < -0.39 is 15.6 Å². The molecule has 0 spiro atoms. The number of sulfonamides is 1. The summed E-state index contributed by atoms with van der Waals surface area (Å²) in [6, 6.07) is 6.68. The van der Waals surface area contributed by atoms with Gasteiger partial charge in [0.15, 0.2) is 0 Å². The molecule has 1 aliphatic heterocycles. The molecule has 0 amide bonds. The van der Waals surface area contributed by atoms with Crippen LogP contribution in [0.2, 0.25) is 0 Å². The maximum atomic E-state index is 12.0. The van der Waals surface area contributed by atoms with E-state index >= 15 is 0 Å². The largest absolute Gasteiger partial charge is 0.394 e. The van der Waals surface area contributed by atoms with Crippen molar-refractivity contribution in [2.75, 3.05) is 32.2 Å². The summed E-state index contributed by atoms with van der Waals surface area (Å²) in [6.45, 7) is 1.04. The van der Waals surface area contributed by atoms with E-state index in [9.17, 15) is 13.5 Å². The van der Waals surface area contributed by atoms with Gasteiger partial charge in [-0.1, -0.05) is 12.1 Å². The fourth-order valence-corrected chi connectivity index (χ4v) is 3.17. The molecule has 3 N–H and O–H groups in total. The zero-order valence-electron chi connectivity index (χ0n) is 11.4. The Labute approximate surface area is 119 Å². The number of anilines is 1. The minimum atomic E-state index is -3.54. The molecule has 2 rings (SSSR count). The van der Waals surface area contributed by atoms with Crippen molar-refractivity contribution < 1.29 is 18.3 Å². The predicted octanol–water partition coefficient (Wildman–Crippen LogP) is 0.548. The Hall–Kier alpha value is -1.15. The lowest BCUT2D eigenvalue weighted by atomic mass is 9.90. The molecule has 20 heavy (non-hydrogen) atoms. The first kappa shape index (κ1) is 15.2. The summed E-state index contributed by atoms with van der Waals surface area (Å²) in [6.07, 6.45) is 1.27. The van der Waals surface area contributed by atoms with Crippen LogP contribution in [0.3, 0.4) is 0 Å². The smallest absolute Gasteiger partial charge is 0.242 e. The molecule has 0 radical (unpaired) electrons. The SMILES string of the molecule is CNS(=O)(=O)c1ccccc1NC1(CO)CCOCC1. The topological polar surface area (TPSA) is 87.7 Å². The number of rotatable bonds is 5. The molecule has 6 nitrogen and oxygen atoms in total. The van der Waals surface area contributed by atoms with Crippen LogP contribution < -0.4 is 10.0 Å². The number of para-hydroxylation sites is 1. The zero-order valence-corrected chi connectivity index (χ0v) is 12.2. The average Bonchev–Trinajstić information content (AvgIpc) is 2.48. The zero-order chi connectivity index (χ0) is 14.6. The van der Waals surface area contributed by atoms with Crippen molar-refractivity contribution >= 4 is 15.7 Å². The minimum absolute atomic E-state index is 0.0652. The van der Waals surface area contributed by atoms with Gasteiger partial charge in [0.2, 0.25) is 10.0 Å². The summed E-state index contributed by atoms with van der Waals surface area (Å²) >= 11 is 0. The third-order valence-corrected chi connectivity index (χ3v) is 5.07. The number of nitrogens with one attached hydrogen (secondary N) is 2. The van der Waals surface area contributed by atoms with Crippen LogP contribution in [0.15, 0.2) is 29.2 Å². The maximum absolute atomic E-state index is 12.0. The van der Waals surface area contributed by atoms with Crippen molar-refractivity contribution in [3.63, 3.8) is 0 Å². The predicted molar refractivity (Wildman–Crippen MR) is 76.2 cm³/mol. The average molecular weight is 300 g/mol. The maximum Gasteiger partial charge on any atom is 0.242 e. The molecule has 1 saturated heterocycles. The molecule has 1 fully saturated rings.